The minimum absolute atomic E-state index is 0.0164. The third-order valence-electron chi connectivity index (χ3n) is 12.6. The molecule has 4 fully saturated rings. The van der Waals surface area contributed by atoms with Crippen LogP contribution in [-0.4, -0.2) is 35.6 Å². The molecule has 2 N–H and O–H groups in total. The largest absolute Gasteiger partial charge is 0.481 e. The van der Waals surface area contributed by atoms with Gasteiger partial charge in [0.1, 0.15) is 6.10 Å². The van der Waals surface area contributed by atoms with Crippen molar-refractivity contribution in [3.8, 4) is 0 Å². The van der Waals surface area contributed by atoms with Gasteiger partial charge >= 0.3 is 11.9 Å². The van der Waals surface area contributed by atoms with Gasteiger partial charge in [-0.15, -0.1) is 0 Å². The fourth-order valence-electron chi connectivity index (χ4n) is 9.71. The number of hydrogen-bond donors (Lipinski definition) is 2. The second-order valence-electron chi connectivity index (χ2n) is 14.9. The van der Waals surface area contributed by atoms with E-state index in [9.17, 15) is 14.4 Å². The van der Waals surface area contributed by atoms with Crippen LogP contribution in [0.5, 0.6) is 0 Å². The normalized spacial score (nSPS) is 38.6. The van der Waals surface area contributed by atoms with Crippen LogP contribution >= 0.6 is 0 Å². The number of amides is 1. The van der Waals surface area contributed by atoms with Gasteiger partial charge in [0.05, 0.1) is 11.8 Å². The summed E-state index contributed by atoms with van der Waals surface area (Å²) in [6.07, 6.45) is 13.3. The molecule has 6 nitrogen and oxygen atoms in total. The van der Waals surface area contributed by atoms with E-state index in [1.165, 1.54) is 44.9 Å². The Morgan fingerprint density at radius 2 is 1.67 bits per heavy atom. The molecule has 9 unspecified atom stereocenters. The standard InChI is InChI=1S/C33H55NO5/c1-7-31(3,4)30(38)39-23-14-17-32(5)22(20-23)9-10-24-26-12-11-25(33(26,6)18-15-27(24)32)21(2)8-13-28(35)34-19-16-29(36)37/h21-27H,7-20H2,1-6H3,(H,34,35)(H,36,37). The summed E-state index contributed by atoms with van der Waals surface area (Å²) in [7, 11) is 0. The van der Waals surface area contributed by atoms with Gasteiger partial charge in [-0.05, 0) is 131 Å². The van der Waals surface area contributed by atoms with Crippen molar-refractivity contribution in [2.75, 3.05) is 6.54 Å². The zero-order chi connectivity index (χ0) is 28.6. The average molecular weight is 546 g/mol. The number of ether oxygens (including phenoxy) is 1. The van der Waals surface area contributed by atoms with Gasteiger partial charge in [0.2, 0.25) is 5.91 Å². The van der Waals surface area contributed by atoms with Crippen molar-refractivity contribution in [1.29, 1.82) is 0 Å². The predicted molar refractivity (Wildman–Crippen MR) is 153 cm³/mol. The number of hydrogen-bond acceptors (Lipinski definition) is 4. The van der Waals surface area contributed by atoms with E-state index >= 15 is 0 Å². The Labute approximate surface area is 236 Å². The SMILES string of the molecule is CCC(C)(C)C(=O)OC1CCC2(C)C(CCC3C2CCC2(C)C(C(C)CCC(=O)NCCC(=O)O)CCC32)C1. The maximum absolute atomic E-state index is 12.8. The lowest BCUT2D eigenvalue weighted by molar-refractivity contribution is -0.171. The fourth-order valence-corrected chi connectivity index (χ4v) is 9.71. The molecule has 4 saturated carbocycles. The second kappa shape index (κ2) is 11.7. The number of rotatable bonds is 10. The Morgan fingerprint density at radius 3 is 2.36 bits per heavy atom. The monoisotopic (exact) mass is 545 g/mol. The Kier molecular flexibility index (Phi) is 9.13. The van der Waals surface area contributed by atoms with Crippen LogP contribution in [0.25, 0.3) is 0 Å². The predicted octanol–water partition coefficient (Wildman–Crippen LogP) is 7.00. The van der Waals surface area contributed by atoms with Crippen molar-refractivity contribution in [3.63, 3.8) is 0 Å². The summed E-state index contributed by atoms with van der Waals surface area (Å²) in [5.41, 5.74) is 0.333. The molecule has 0 bridgehead atoms. The molecule has 4 rings (SSSR count). The lowest BCUT2D eigenvalue weighted by Gasteiger charge is -2.61. The van der Waals surface area contributed by atoms with E-state index in [-0.39, 0.29) is 30.9 Å². The second-order valence-corrected chi connectivity index (χ2v) is 14.9. The van der Waals surface area contributed by atoms with Gasteiger partial charge < -0.3 is 15.2 Å². The molecule has 0 aromatic carbocycles. The number of carbonyl (C=O) groups excluding carboxylic acids is 2. The van der Waals surface area contributed by atoms with Crippen LogP contribution in [0.3, 0.4) is 0 Å². The Morgan fingerprint density at radius 1 is 0.974 bits per heavy atom. The van der Waals surface area contributed by atoms with E-state index in [2.05, 4.69) is 33.0 Å². The first-order valence-corrected chi connectivity index (χ1v) is 16.0. The van der Waals surface area contributed by atoms with Gasteiger partial charge in [-0.1, -0.05) is 27.7 Å². The Balaban J connectivity index is 1.34. The first-order chi connectivity index (χ1) is 18.3. The highest BCUT2D eigenvalue weighted by Crippen LogP contribution is 2.68. The van der Waals surface area contributed by atoms with E-state index in [0.717, 1.165) is 43.4 Å². The van der Waals surface area contributed by atoms with Gasteiger partial charge in [-0.3, -0.25) is 14.4 Å². The number of fused-ring (bicyclic) bond motifs is 5. The molecule has 9 atom stereocenters. The third kappa shape index (κ3) is 6.05. The molecule has 1 amide bonds. The molecule has 39 heavy (non-hydrogen) atoms. The molecular formula is C33H55NO5. The first kappa shape index (κ1) is 30.4. The van der Waals surface area contributed by atoms with Gasteiger partial charge in [0.15, 0.2) is 0 Å². The van der Waals surface area contributed by atoms with Crippen molar-refractivity contribution < 1.29 is 24.2 Å². The van der Waals surface area contributed by atoms with Crippen LogP contribution < -0.4 is 5.32 Å². The van der Waals surface area contributed by atoms with Crippen LogP contribution in [0.2, 0.25) is 0 Å². The third-order valence-corrected chi connectivity index (χ3v) is 12.6. The number of carbonyl (C=O) groups is 3. The maximum atomic E-state index is 12.8. The number of carboxylic acids is 1. The Bertz CT molecular complexity index is 916. The lowest BCUT2D eigenvalue weighted by atomic mass is 9.44. The number of aliphatic carboxylic acids is 1. The van der Waals surface area contributed by atoms with E-state index in [1.807, 2.05) is 13.8 Å². The first-order valence-electron chi connectivity index (χ1n) is 16.0. The molecule has 0 aromatic heterocycles. The van der Waals surface area contributed by atoms with Crippen LogP contribution in [0, 0.1) is 51.8 Å². The van der Waals surface area contributed by atoms with Crippen molar-refractivity contribution in [2.24, 2.45) is 51.8 Å². The molecule has 4 aliphatic rings. The van der Waals surface area contributed by atoms with Crippen molar-refractivity contribution >= 4 is 17.8 Å². The summed E-state index contributed by atoms with van der Waals surface area (Å²) in [4.78, 5) is 35.8. The summed E-state index contributed by atoms with van der Waals surface area (Å²) >= 11 is 0. The molecule has 0 aliphatic heterocycles. The molecular weight excluding hydrogens is 490 g/mol. The lowest BCUT2D eigenvalue weighted by Crippen LogP contribution is -2.54. The molecule has 0 heterocycles. The molecule has 4 aliphatic carbocycles. The Hall–Kier alpha value is -1.59. The highest BCUT2D eigenvalue weighted by molar-refractivity contribution is 5.77. The van der Waals surface area contributed by atoms with E-state index in [0.29, 0.717) is 35.0 Å². The fraction of sp³-hybridized carbons (Fsp3) is 0.909. The van der Waals surface area contributed by atoms with Crippen LogP contribution in [0.15, 0.2) is 0 Å². The van der Waals surface area contributed by atoms with Gasteiger partial charge in [0, 0.05) is 13.0 Å². The molecule has 0 radical (unpaired) electrons. The van der Waals surface area contributed by atoms with Crippen molar-refractivity contribution in [1.82, 2.24) is 5.32 Å². The van der Waals surface area contributed by atoms with Crippen LogP contribution in [0.4, 0.5) is 0 Å². The average Bonchev–Trinajstić information content (AvgIpc) is 3.24. The molecule has 6 heteroatoms. The minimum atomic E-state index is -0.875. The van der Waals surface area contributed by atoms with Gasteiger partial charge in [-0.2, -0.15) is 0 Å². The highest BCUT2D eigenvalue weighted by Gasteiger charge is 2.60. The topological polar surface area (TPSA) is 92.7 Å². The zero-order valence-electron chi connectivity index (χ0n) is 25.5. The number of carboxylic acid groups (broad SMARTS) is 1. The summed E-state index contributed by atoms with van der Waals surface area (Å²) in [5, 5.41) is 11.6. The summed E-state index contributed by atoms with van der Waals surface area (Å²) in [6, 6.07) is 0. The quantitative estimate of drug-likeness (QED) is 0.288. The number of nitrogens with one attached hydrogen (secondary N) is 1. The molecule has 0 spiro atoms. The smallest absolute Gasteiger partial charge is 0.311 e. The highest BCUT2D eigenvalue weighted by atomic mass is 16.5. The van der Waals surface area contributed by atoms with E-state index < -0.39 is 11.4 Å². The molecule has 0 aromatic rings. The number of esters is 1. The van der Waals surface area contributed by atoms with E-state index in [4.69, 9.17) is 9.84 Å². The molecule has 0 saturated heterocycles. The van der Waals surface area contributed by atoms with E-state index in [1.54, 1.807) is 0 Å². The van der Waals surface area contributed by atoms with Crippen molar-refractivity contribution in [3.05, 3.63) is 0 Å². The van der Waals surface area contributed by atoms with Crippen molar-refractivity contribution in [2.45, 2.75) is 131 Å². The van der Waals surface area contributed by atoms with Gasteiger partial charge in [0.25, 0.3) is 0 Å². The van der Waals surface area contributed by atoms with Crippen LogP contribution in [-0.2, 0) is 19.1 Å². The summed E-state index contributed by atoms with van der Waals surface area (Å²) < 4.78 is 6.08. The zero-order valence-corrected chi connectivity index (χ0v) is 25.5. The minimum Gasteiger partial charge on any atom is -0.481 e. The summed E-state index contributed by atoms with van der Waals surface area (Å²) in [5.74, 6) is 3.29. The van der Waals surface area contributed by atoms with Gasteiger partial charge in [-0.25, -0.2) is 0 Å². The summed E-state index contributed by atoms with van der Waals surface area (Å²) in [6.45, 7) is 13.8. The maximum Gasteiger partial charge on any atom is 0.311 e. The molecule has 222 valence electrons. The van der Waals surface area contributed by atoms with Crippen LogP contribution in [0.1, 0.15) is 125 Å².